The summed E-state index contributed by atoms with van der Waals surface area (Å²) >= 11 is 6.17. The molecule has 1 aromatic carbocycles. The van der Waals surface area contributed by atoms with Crippen molar-refractivity contribution < 1.29 is 0 Å². The van der Waals surface area contributed by atoms with E-state index in [9.17, 15) is 0 Å². The van der Waals surface area contributed by atoms with Crippen molar-refractivity contribution in [3.8, 4) is 11.4 Å². The van der Waals surface area contributed by atoms with Crippen LogP contribution in [0.2, 0.25) is 5.02 Å². The molecule has 0 aliphatic rings. The van der Waals surface area contributed by atoms with Gasteiger partial charge < -0.3 is 10.6 Å². The van der Waals surface area contributed by atoms with Crippen LogP contribution < -0.4 is 10.6 Å². The molecule has 0 saturated heterocycles. The van der Waals surface area contributed by atoms with Crippen LogP contribution in [0.5, 0.6) is 0 Å². The Kier molecular flexibility index (Phi) is 4.39. The minimum Gasteiger partial charge on any atom is -0.357 e. The van der Waals surface area contributed by atoms with E-state index in [4.69, 9.17) is 11.6 Å². The average Bonchev–Trinajstić information content (AvgIpc) is 2.58. The van der Waals surface area contributed by atoms with Crippen molar-refractivity contribution in [3.05, 3.63) is 59.2 Å². The van der Waals surface area contributed by atoms with Crippen LogP contribution in [-0.4, -0.2) is 22.0 Å². The van der Waals surface area contributed by atoms with E-state index < -0.39 is 0 Å². The Hall–Kier alpha value is -2.66. The van der Waals surface area contributed by atoms with Gasteiger partial charge in [-0.1, -0.05) is 23.7 Å². The Bertz CT molecular complexity index is 820. The predicted octanol–water partition coefficient (Wildman–Crippen LogP) is 4.29. The number of hydrogen-bond donors (Lipinski definition) is 2. The minimum absolute atomic E-state index is 0.522. The lowest BCUT2D eigenvalue weighted by molar-refractivity contribution is 1.14. The number of halogens is 1. The smallest absolute Gasteiger partial charge is 0.225 e. The van der Waals surface area contributed by atoms with Crippen molar-refractivity contribution in [1.82, 2.24) is 15.0 Å². The summed E-state index contributed by atoms with van der Waals surface area (Å²) in [5, 5.41) is 6.93. The van der Waals surface area contributed by atoms with Crippen molar-refractivity contribution in [3.63, 3.8) is 0 Å². The molecule has 0 aliphatic carbocycles. The van der Waals surface area contributed by atoms with Crippen molar-refractivity contribution in [2.45, 2.75) is 6.92 Å². The van der Waals surface area contributed by atoms with Gasteiger partial charge in [0, 0.05) is 30.0 Å². The maximum atomic E-state index is 6.17. The second kappa shape index (κ2) is 6.62. The van der Waals surface area contributed by atoms with E-state index in [0.717, 1.165) is 22.6 Å². The van der Waals surface area contributed by atoms with Crippen LogP contribution in [-0.2, 0) is 0 Å². The number of pyridine rings is 1. The molecule has 0 amide bonds. The number of aromatic nitrogens is 3. The van der Waals surface area contributed by atoms with Crippen molar-refractivity contribution in [2.24, 2.45) is 0 Å². The van der Waals surface area contributed by atoms with E-state index in [2.05, 4.69) is 25.6 Å². The molecule has 5 nitrogen and oxygen atoms in total. The largest absolute Gasteiger partial charge is 0.357 e. The zero-order chi connectivity index (χ0) is 16.2. The molecule has 0 radical (unpaired) electrons. The van der Waals surface area contributed by atoms with E-state index >= 15 is 0 Å². The summed E-state index contributed by atoms with van der Waals surface area (Å²) in [6.45, 7) is 1.97. The summed E-state index contributed by atoms with van der Waals surface area (Å²) in [5.41, 5.74) is 3.43. The summed E-state index contributed by atoms with van der Waals surface area (Å²) in [5.74, 6) is 1.19. The van der Waals surface area contributed by atoms with Crippen molar-refractivity contribution in [2.75, 3.05) is 17.7 Å². The maximum Gasteiger partial charge on any atom is 0.225 e. The van der Waals surface area contributed by atoms with Crippen LogP contribution >= 0.6 is 11.6 Å². The first kappa shape index (κ1) is 15.2. The molecule has 2 heterocycles. The van der Waals surface area contributed by atoms with Gasteiger partial charge in [0.1, 0.15) is 5.82 Å². The minimum atomic E-state index is 0.522. The van der Waals surface area contributed by atoms with Gasteiger partial charge in [0.15, 0.2) is 0 Å². The first-order valence-electron chi connectivity index (χ1n) is 7.17. The number of nitrogens with one attached hydrogen (secondary N) is 2. The first-order valence-corrected chi connectivity index (χ1v) is 7.55. The summed E-state index contributed by atoms with van der Waals surface area (Å²) in [6, 6.07) is 13.4. The van der Waals surface area contributed by atoms with Crippen LogP contribution in [0.3, 0.4) is 0 Å². The first-order chi connectivity index (χ1) is 11.2. The summed E-state index contributed by atoms with van der Waals surface area (Å²) in [4.78, 5) is 13.2. The van der Waals surface area contributed by atoms with Gasteiger partial charge in [-0.2, -0.15) is 4.98 Å². The van der Waals surface area contributed by atoms with Gasteiger partial charge in [-0.15, -0.1) is 0 Å². The highest BCUT2D eigenvalue weighted by atomic mass is 35.5. The van der Waals surface area contributed by atoms with Crippen LogP contribution in [0, 0.1) is 6.92 Å². The molecule has 3 rings (SSSR count). The maximum absolute atomic E-state index is 6.17. The number of benzene rings is 1. The van der Waals surface area contributed by atoms with E-state index in [-0.39, 0.29) is 0 Å². The fourth-order valence-electron chi connectivity index (χ4n) is 2.09. The lowest BCUT2D eigenvalue weighted by Crippen LogP contribution is -2.02. The molecule has 6 heteroatoms. The monoisotopic (exact) mass is 325 g/mol. The highest BCUT2D eigenvalue weighted by molar-refractivity contribution is 6.31. The predicted molar refractivity (Wildman–Crippen MR) is 94.3 cm³/mol. The standard InChI is InChI=1S/C17H16ClN5/c1-11-6-7-12(9-13(11)18)21-16-10-15(22-17(19-2)23-16)14-5-3-4-8-20-14/h3-10H,1-2H3,(H2,19,21,22,23). The van der Waals surface area contributed by atoms with Crippen molar-refractivity contribution in [1.29, 1.82) is 0 Å². The fourth-order valence-corrected chi connectivity index (χ4v) is 2.27. The third-order valence-electron chi connectivity index (χ3n) is 3.32. The average molecular weight is 326 g/mol. The van der Waals surface area contributed by atoms with E-state index in [1.54, 1.807) is 13.2 Å². The van der Waals surface area contributed by atoms with Gasteiger partial charge in [0.05, 0.1) is 11.4 Å². The summed E-state index contributed by atoms with van der Waals surface area (Å²) < 4.78 is 0. The number of anilines is 3. The normalized spacial score (nSPS) is 10.4. The third kappa shape index (κ3) is 3.57. The quantitative estimate of drug-likeness (QED) is 0.749. The molecule has 0 fully saturated rings. The molecular weight excluding hydrogens is 310 g/mol. The highest BCUT2D eigenvalue weighted by Gasteiger charge is 2.07. The Balaban J connectivity index is 1.97. The van der Waals surface area contributed by atoms with Gasteiger partial charge >= 0.3 is 0 Å². The zero-order valence-electron chi connectivity index (χ0n) is 12.8. The number of rotatable bonds is 4. The Morgan fingerprint density at radius 2 is 1.87 bits per heavy atom. The molecule has 0 spiro atoms. The molecular formula is C17H16ClN5. The fraction of sp³-hybridized carbons (Fsp3) is 0.118. The molecule has 2 N–H and O–H groups in total. The molecule has 0 aliphatic heterocycles. The summed E-state index contributed by atoms with van der Waals surface area (Å²) in [7, 11) is 1.78. The van der Waals surface area contributed by atoms with E-state index in [1.165, 1.54) is 0 Å². The second-order valence-corrected chi connectivity index (χ2v) is 5.42. The van der Waals surface area contributed by atoms with Crippen molar-refractivity contribution >= 4 is 29.1 Å². The van der Waals surface area contributed by atoms with Gasteiger partial charge in [-0.3, -0.25) is 4.98 Å². The molecule has 0 saturated carbocycles. The molecule has 0 bridgehead atoms. The lowest BCUT2D eigenvalue weighted by Gasteiger charge is -2.10. The molecule has 3 aromatic rings. The van der Waals surface area contributed by atoms with Gasteiger partial charge in [0.25, 0.3) is 0 Å². The Morgan fingerprint density at radius 3 is 2.57 bits per heavy atom. The van der Waals surface area contributed by atoms with Crippen LogP contribution in [0.15, 0.2) is 48.7 Å². The summed E-state index contributed by atoms with van der Waals surface area (Å²) in [6.07, 6.45) is 1.74. The third-order valence-corrected chi connectivity index (χ3v) is 3.73. The molecule has 116 valence electrons. The Morgan fingerprint density at radius 1 is 1.00 bits per heavy atom. The van der Waals surface area contributed by atoms with E-state index in [0.29, 0.717) is 16.8 Å². The van der Waals surface area contributed by atoms with E-state index in [1.807, 2.05) is 49.4 Å². The SMILES string of the molecule is CNc1nc(Nc2ccc(C)c(Cl)c2)cc(-c2ccccn2)n1. The van der Waals surface area contributed by atoms with Crippen LogP contribution in [0.4, 0.5) is 17.5 Å². The molecule has 2 aromatic heterocycles. The number of aryl methyl sites for hydroxylation is 1. The second-order valence-electron chi connectivity index (χ2n) is 5.02. The van der Waals surface area contributed by atoms with Crippen LogP contribution in [0.25, 0.3) is 11.4 Å². The van der Waals surface area contributed by atoms with Gasteiger partial charge in [-0.05, 0) is 36.8 Å². The molecule has 23 heavy (non-hydrogen) atoms. The molecule has 0 unspecified atom stereocenters. The van der Waals surface area contributed by atoms with Gasteiger partial charge in [0.2, 0.25) is 5.95 Å². The zero-order valence-corrected chi connectivity index (χ0v) is 13.6. The Labute approximate surface area is 139 Å². The lowest BCUT2D eigenvalue weighted by atomic mass is 10.2. The topological polar surface area (TPSA) is 62.7 Å². The number of nitrogens with zero attached hydrogens (tertiary/aromatic N) is 3. The van der Waals surface area contributed by atoms with Crippen LogP contribution in [0.1, 0.15) is 5.56 Å². The molecule has 0 atom stereocenters. The number of hydrogen-bond acceptors (Lipinski definition) is 5. The van der Waals surface area contributed by atoms with Gasteiger partial charge in [-0.25, -0.2) is 4.98 Å². The highest BCUT2D eigenvalue weighted by Crippen LogP contribution is 2.25.